The molecule has 0 heterocycles. The Morgan fingerprint density at radius 3 is 2.27 bits per heavy atom. The summed E-state index contributed by atoms with van der Waals surface area (Å²) in [5.74, 6) is 0.0405. The second-order valence-corrected chi connectivity index (χ2v) is 3.30. The SMILES string of the molecule is C=C(C)C(=O)CCCC(=O)Br. The lowest BCUT2D eigenvalue weighted by molar-refractivity contribution is -0.115. The van der Waals surface area contributed by atoms with Gasteiger partial charge in [-0.15, -0.1) is 0 Å². The van der Waals surface area contributed by atoms with Gasteiger partial charge in [-0.25, -0.2) is 0 Å². The molecule has 0 amide bonds. The summed E-state index contributed by atoms with van der Waals surface area (Å²) in [6.07, 6.45) is 1.45. The van der Waals surface area contributed by atoms with Crippen LogP contribution in [0.1, 0.15) is 26.2 Å². The first kappa shape index (κ1) is 10.6. The molecule has 0 aliphatic heterocycles. The molecular weight excluding hydrogens is 208 g/mol. The molecule has 0 saturated carbocycles. The van der Waals surface area contributed by atoms with Crippen LogP contribution in [0.2, 0.25) is 0 Å². The summed E-state index contributed by atoms with van der Waals surface area (Å²) in [5, 5.41) is 0. The Hall–Kier alpha value is -0.440. The first-order valence-electron chi connectivity index (χ1n) is 3.41. The number of rotatable bonds is 5. The molecule has 0 radical (unpaired) electrons. The number of carbonyl (C=O) groups is 2. The summed E-state index contributed by atoms with van der Waals surface area (Å²) in [5.41, 5.74) is 0.562. The standard InChI is InChI=1S/C8H11BrO2/c1-6(2)7(10)4-3-5-8(9)11/h1,3-5H2,2H3. The molecule has 0 aromatic rings. The minimum absolute atomic E-state index is 0.0405. The second-order valence-electron chi connectivity index (χ2n) is 2.41. The molecule has 0 atom stereocenters. The number of ketones is 1. The van der Waals surface area contributed by atoms with E-state index in [9.17, 15) is 9.59 Å². The van der Waals surface area contributed by atoms with E-state index in [-0.39, 0.29) is 10.5 Å². The highest BCUT2D eigenvalue weighted by Crippen LogP contribution is 2.04. The van der Waals surface area contributed by atoms with Gasteiger partial charge in [0, 0.05) is 12.8 Å². The maximum atomic E-state index is 10.9. The third-order valence-corrected chi connectivity index (χ3v) is 1.65. The van der Waals surface area contributed by atoms with Gasteiger partial charge in [0.15, 0.2) is 10.5 Å². The van der Waals surface area contributed by atoms with Crippen LogP contribution in [0.3, 0.4) is 0 Å². The van der Waals surface area contributed by atoms with E-state index in [0.29, 0.717) is 24.8 Å². The van der Waals surface area contributed by atoms with Gasteiger partial charge in [0.2, 0.25) is 0 Å². The van der Waals surface area contributed by atoms with Crippen molar-refractivity contribution in [1.82, 2.24) is 0 Å². The second kappa shape index (κ2) is 5.24. The molecule has 0 aliphatic carbocycles. The lowest BCUT2D eigenvalue weighted by atomic mass is 10.1. The first-order valence-corrected chi connectivity index (χ1v) is 4.20. The molecule has 3 heteroatoms. The van der Waals surface area contributed by atoms with E-state index < -0.39 is 0 Å². The molecule has 0 spiro atoms. The fourth-order valence-corrected chi connectivity index (χ4v) is 0.882. The number of hydrogen-bond acceptors (Lipinski definition) is 2. The van der Waals surface area contributed by atoms with Gasteiger partial charge in [0.1, 0.15) is 0 Å². The summed E-state index contributed by atoms with van der Waals surface area (Å²) >= 11 is 2.79. The summed E-state index contributed by atoms with van der Waals surface area (Å²) < 4.78 is -0.0491. The van der Waals surface area contributed by atoms with E-state index >= 15 is 0 Å². The highest BCUT2D eigenvalue weighted by atomic mass is 79.9. The van der Waals surface area contributed by atoms with Gasteiger partial charge >= 0.3 is 0 Å². The van der Waals surface area contributed by atoms with Crippen molar-refractivity contribution < 1.29 is 9.59 Å². The fraction of sp³-hybridized carbons (Fsp3) is 0.500. The predicted octanol–water partition coefficient (Wildman–Crippen LogP) is 2.22. The monoisotopic (exact) mass is 218 g/mol. The van der Waals surface area contributed by atoms with Crippen molar-refractivity contribution in [3.63, 3.8) is 0 Å². The lowest BCUT2D eigenvalue weighted by Crippen LogP contribution is -1.98. The Morgan fingerprint density at radius 2 is 1.91 bits per heavy atom. The molecule has 2 nitrogen and oxygen atoms in total. The largest absolute Gasteiger partial charge is 0.295 e. The van der Waals surface area contributed by atoms with Gasteiger partial charge < -0.3 is 0 Å². The van der Waals surface area contributed by atoms with Crippen molar-refractivity contribution in [3.8, 4) is 0 Å². The highest BCUT2D eigenvalue weighted by Gasteiger charge is 2.02. The van der Waals surface area contributed by atoms with Crippen molar-refractivity contribution in [2.45, 2.75) is 26.2 Å². The zero-order valence-electron chi connectivity index (χ0n) is 6.52. The minimum Gasteiger partial charge on any atom is -0.295 e. The highest BCUT2D eigenvalue weighted by molar-refractivity contribution is 9.18. The molecule has 0 saturated heterocycles. The van der Waals surface area contributed by atoms with Crippen LogP contribution in [0.4, 0.5) is 0 Å². The van der Waals surface area contributed by atoms with Gasteiger partial charge in [0.05, 0.1) is 0 Å². The molecule has 0 rings (SSSR count). The molecule has 0 unspecified atom stereocenters. The van der Waals surface area contributed by atoms with Crippen LogP contribution in [-0.2, 0) is 9.59 Å². The normalized spacial score (nSPS) is 9.27. The summed E-state index contributed by atoms with van der Waals surface area (Å²) in [6, 6.07) is 0. The van der Waals surface area contributed by atoms with Crippen molar-refractivity contribution in [3.05, 3.63) is 12.2 Å². The van der Waals surface area contributed by atoms with Crippen molar-refractivity contribution in [2.24, 2.45) is 0 Å². The summed E-state index contributed by atoms with van der Waals surface area (Å²) in [7, 11) is 0. The quantitative estimate of drug-likeness (QED) is 0.524. The average Bonchev–Trinajstić information content (AvgIpc) is 1.86. The first-order chi connectivity index (χ1) is 5.04. The maximum Gasteiger partial charge on any atom is 0.197 e. The van der Waals surface area contributed by atoms with Gasteiger partial charge in [0.25, 0.3) is 0 Å². The maximum absolute atomic E-state index is 10.9. The lowest BCUT2D eigenvalue weighted by Gasteiger charge is -1.95. The van der Waals surface area contributed by atoms with Gasteiger partial charge in [-0.2, -0.15) is 0 Å². The van der Waals surface area contributed by atoms with Gasteiger partial charge in [-0.1, -0.05) is 6.58 Å². The Morgan fingerprint density at radius 1 is 1.36 bits per heavy atom. The van der Waals surface area contributed by atoms with Crippen molar-refractivity contribution in [2.75, 3.05) is 0 Å². The van der Waals surface area contributed by atoms with E-state index in [1.54, 1.807) is 6.92 Å². The van der Waals surface area contributed by atoms with Crippen LogP contribution in [0, 0.1) is 0 Å². The van der Waals surface area contributed by atoms with E-state index in [2.05, 4.69) is 22.5 Å². The Labute approximate surface area is 74.8 Å². The molecule has 62 valence electrons. The molecule has 0 aromatic carbocycles. The van der Waals surface area contributed by atoms with Gasteiger partial charge in [-0.05, 0) is 34.8 Å². The molecular formula is C8H11BrO2. The van der Waals surface area contributed by atoms with Crippen LogP contribution in [0.5, 0.6) is 0 Å². The number of carbonyl (C=O) groups excluding carboxylic acids is 2. The van der Waals surface area contributed by atoms with Crippen LogP contribution >= 0.6 is 15.9 Å². The van der Waals surface area contributed by atoms with E-state index in [4.69, 9.17) is 0 Å². The number of Topliss-reactive ketones (excluding diaryl/α,β-unsaturated/α-hetero) is 1. The van der Waals surface area contributed by atoms with Crippen LogP contribution < -0.4 is 0 Å². The van der Waals surface area contributed by atoms with E-state index in [1.165, 1.54) is 0 Å². The van der Waals surface area contributed by atoms with E-state index in [0.717, 1.165) is 0 Å². The Balaban J connectivity index is 3.47. The topological polar surface area (TPSA) is 34.1 Å². The average molecular weight is 219 g/mol. The number of hydrogen-bond donors (Lipinski definition) is 0. The van der Waals surface area contributed by atoms with Crippen molar-refractivity contribution in [1.29, 1.82) is 0 Å². The Kier molecular flexibility index (Phi) is 5.03. The molecule has 0 aromatic heterocycles. The molecule has 0 aliphatic rings. The van der Waals surface area contributed by atoms with E-state index in [1.807, 2.05) is 0 Å². The van der Waals surface area contributed by atoms with Crippen LogP contribution in [0.25, 0.3) is 0 Å². The molecule has 0 N–H and O–H groups in total. The zero-order valence-corrected chi connectivity index (χ0v) is 8.11. The number of allylic oxidation sites excluding steroid dienone is 1. The smallest absolute Gasteiger partial charge is 0.197 e. The molecule has 0 bridgehead atoms. The summed E-state index contributed by atoms with van der Waals surface area (Å²) in [4.78, 5) is 21.3. The van der Waals surface area contributed by atoms with Crippen LogP contribution in [0.15, 0.2) is 12.2 Å². The van der Waals surface area contributed by atoms with Crippen LogP contribution in [-0.4, -0.2) is 10.5 Å². The predicted molar refractivity (Wildman–Crippen MR) is 47.6 cm³/mol. The van der Waals surface area contributed by atoms with Gasteiger partial charge in [-0.3, -0.25) is 9.59 Å². The Bertz CT molecular complexity index is 185. The third kappa shape index (κ3) is 5.98. The zero-order chi connectivity index (χ0) is 8.85. The molecule has 0 fully saturated rings. The fourth-order valence-electron chi connectivity index (χ4n) is 0.601. The minimum atomic E-state index is -0.0491. The summed E-state index contributed by atoms with van der Waals surface area (Å²) in [6.45, 7) is 5.19. The molecule has 11 heavy (non-hydrogen) atoms. The number of halogens is 1. The third-order valence-electron chi connectivity index (χ3n) is 1.25. The van der Waals surface area contributed by atoms with Crippen molar-refractivity contribution >= 4 is 26.4 Å².